The minimum absolute atomic E-state index is 0.121. The second kappa shape index (κ2) is 4.96. The van der Waals surface area contributed by atoms with Gasteiger partial charge in [0.1, 0.15) is 11.1 Å². The van der Waals surface area contributed by atoms with Crippen LogP contribution in [0.1, 0.15) is 11.1 Å². The van der Waals surface area contributed by atoms with E-state index in [-0.39, 0.29) is 5.43 Å². The molecule has 1 aromatic heterocycles. The first-order chi connectivity index (χ1) is 11.1. The number of anilines is 2. The molecule has 1 aliphatic rings. The van der Waals surface area contributed by atoms with Gasteiger partial charge >= 0.3 is 0 Å². The van der Waals surface area contributed by atoms with Crippen LogP contribution in [-0.4, -0.2) is 13.3 Å². The van der Waals surface area contributed by atoms with Crippen molar-refractivity contribution in [2.45, 2.75) is 6.92 Å². The predicted molar refractivity (Wildman–Crippen MR) is 94.0 cm³/mol. The summed E-state index contributed by atoms with van der Waals surface area (Å²) in [6, 6.07) is 11.2. The van der Waals surface area contributed by atoms with Gasteiger partial charge in [-0.3, -0.25) is 9.79 Å². The molecule has 0 saturated heterocycles. The van der Waals surface area contributed by atoms with Crippen LogP contribution in [-0.2, 0) is 0 Å². The van der Waals surface area contributed by atoms with Crippen LogP contribution in [0.25, 0.3) is 11.0 Å². The van der Waals surface area contributed by atoms with Crippen LogP contribution in [0.5, 0.6) is 0 Å². The Morgan fingerprint density at radius 3 is 2.78 bits per heavy atom. The van der Waals surface area contributed by atoms with Gasteiger partial charge in [-0.05, 0) is 36.8 Å². The fraction of sp³-hybridized carbons (Fsp3) is 0.111. The topological polar surface area (TPSA) is 45.8 Å². The summed E-state index contributed by atoms with van der Waals surface area (Å²) < 4.78 is 6.03. The molecule has 0 radical (unpaired) electrons. The summed E-state index contributed by atoms with van der Waals surface area (Å²) in [4.78, 5) is 19.2. The maximum atomic E-state index is 13.0. The number of fused-ring (bicyclic) bond motifs is 3. The Kier molecular flexibility index (Phi) is 3.03. The molecule has 0 bridgehead atoms. The van der Waals surface area contributed by atoms with Crippen molar-refractivity contribution in [1.29, 1.82) is 0 Å². The third kappa shape index (κ3) is 1.99. The van der Waals surface area contributed by atoms with Gasteiger partial charge in [-0.1, -0.05) is 23.7 Å². The summed E-state index contributed by atoms with van der Waals surface area (Å²) in [5.41, 5.74) is 3.23. The molecule has 5 heteroatoms. The zero-order chi connectivity index (χ0) is 16.1. The van der Waals surface area contributed by atoms with E-state index in [1.54, 1.807) is 18.3 Å². The number of halogens is 1. The van der Waals surface area contributed by atoms with Gasteiger partial charge in [0.2, 0.25) is 11.3 Å². The zero-order valence-electron chi connectivity index (χ0n) is 12.6. The van der Waals surface area contributed by atoms with Crippen LogP contribution in [0, 0.1) is 6.92 Å². The van der Waals surface area contributed by atoms with Gasteiger partial charge < -0.3 is 9.32 Å². The van der Waals surface area contributed by atoms with Crippen LogP contribution in [0.2, 0.25) is 5.02 Å². The molecular formula is C18H13ClN2O2. The third-order valence-corrected chi connectivity index (χ3v) is 4.56. The first kappa shape index (κ1) is 14.0. The lowest BCUT2D eigenvalue weighted by Crippen LogP contribution is -2.17. The molecule has 114 valence electrons. The monoisotopic (exact) mass is 324 g/mol. The summed E-state index contributed by atoms with van der Waals surface area (Å²) in [5, 5.41) is 1.05. The van der Waals surface area contributed by atoms with Gasteiger partial charge in [-0.25, -0.2) is 0 Å². The van der Waals surface area contributed by atoms with Crippen LogP contribution >= 0.6 is 11.6 Å². The maximum absolute atomic E-state index is 13.0. The first-order valence-corrected chi connectivity index (χ1v) is 7.58. The summed E-state index contributed by atoms with van der Waals surface area (Å²) in [6.07, 6.45) is 1.57. The Labute approximate surface area is 137 Å². The van der Waals surface area contributed by atoms with Crippen LogP contribution in [0.15, 0.2) is 50.6 Å². The van der Waals surface area contributed by atoms with Crippen LogP contribution in [0.3, 0.4) is 0 Å². The van der Waals surface area contributed by atoms with Crippen molar-refractivity contribution in [1.82, 2.24) is 0 Å². The Bertz CT molecular complexity index is 1040. The maximum Gasteiger partial charge on any atom is 0.213 e. The van der Waals surface area contributed by atoms with Gasteiger partial charge in [0.05, 0.1) is 16.8 Å². The Hall–Kier alpha value is -2.59. The molecular weight excluding hydrogens is 312 g/mol. The molecule has 23 heavy (non-hydrogen) atoms. The normalized spacial score (nSPS) is 12.9. The number of hydrogen-bond acceptors (Lipinski definition) is 4. The minimum atomic E-state index is -0.121. The van der Waals surface area contributed by atoms with Gasteiger partial charge in [-0.15, -0.1) is 0 Å². The number of nitrogens with zero attached hydrogens (tertiary/aromatic N) is 2. The molecule has 0 amide bonds. The molecule has 0 spiro atoms. The summed E-state index contributed by atoms with van der Waals surface area (Å²) in [5.74, 6) is 0.484. The van der Waals surface area contributed by atoms with Crippen molar-refractivity contribution in [2.75, 3.05) is 11.9 Å². The molecule has 2 aromatic carbocycles. The second-order valence-electron chi connectivity index (χ2n) is 5.50. The lowest BCUT2D eigenvalue weighted by Gasteiger charge is -2.19. The number of hydrogen-bond donors (Lipinski definition) is 0. The molecule has 3 aromatic rings. The highest BCUT2D eigenvalue weighted by Crippen LogP contribution is 2.37. The predicted octanol–water partition coefficient (Wildman–Crippen LogP) is 4.59. The van der Waals surface area contributed by atoms with Crippen LogP contribution in [0.4, 0.5) is 17.3 Å². The van der Waals surface area contributed by atoms with Crippen molar-refractivity contribution < 1.29 is 4.42 Å². The number of para-hydroxylation sites is 2. The molecule has 0 atom stereocenters. The standard InChI is InChI=1S/C18H13ClN2O2/c1-10-12(19)7-8-15-16(10)17(22)11-9-20-13-5-3-4-6-14(13)21(2)18(11)23-15/h3-9H,1-2H3. The molecule has 1 aliphatic heterocycles. The smallest absolute Gasteiger partial charge is 0.213 e. The van der Waals surface area contributed by atoms with E-state index >= 15 is 0 Å². The molecule has 0 N–H and O–H groups in total. The van der Waals surface area contributed by atoms with E-state index in [2.05, 4.69) is 4.99 Å². The van der Waals surface area contributed by atoms with Crippen LogP contribution < -0.4 is 10.3 Å². The minimum Gasteiger partial charge on any atom is -0.439 e. The first-order valence-electron chi connectivity index (χ1n) is 7.20. The lowest BCUT2D eigenvalue weighted by atomic mass is 10.1. The molecule has 0 aliphatic carbocycles. The van der Waals surface area contributed by atoms with E-state index in [0.29, 0.717) is 27.4 Å². The quantitative estimate of drug-likeness (QED) is 0.607. The van der Waals surface area contributed by atoms with E-state index in [0.717, 1.165) is 16.9 Å². The molecule has 2 heterocycles. The lowest BCUT2D eigenvalue weighted by molar-refractivity contribution is 0.602. The fourth-order valence-corrected chi connectivity index (χ4v) is 3.04. The highest BCUT2D eigenvalue weighted by molar-refractivity contribution is 6.32. The molecule has 0 saturated carbocycles. The molecule has 4 nitrogen and oxygen atoms in total. The SMILES string of the molecule is Cc1c(Cl)ccc2oc3c(c(=O)c12)C=Nc1ccccc1N3C. The van der Waals surface area contributed by atoms with E-state index in [4.69, 9.17) is 16.0 Å². The third-order valence-electron chi connectivity index (χ3n) is 4.15. The summed E-state index contributed by atoms with van der Waals surface area (Å²) >= 11 is 6.15. The molecule has 0 unspecified atom stereocenters. The Morgan fingerprint density at radius 2 is 1.96 bits per heavy atom. The number of aryl methyl sites for hydroxylation is 1. The average molecular weight is 325 g/mol. The van der Waals surface area contributed by atoms with Gasteiger partial charge in [-0.2, -0.15) is 0 Å². The number of rotatable bonds is 0. The van der Waals surface area contributed by atoms with Gasteiger partial charge in [0, 0.05) is 18.3 Å². The largest absolute Gasteiger partial charge is 0.439 e. The molecule has 0 fully saturated rings. The Balaban J connectivity index is 2.11. The molecule has 4 rings (SSSR count). The van der Waals surface area contributed by atoms with Crippen molar-refractivity contribution in [3.05, 3.63) is 62.8 Å². The summed E-state index contributed by atoms with van der Waals surface area (Å²) in [6.45, 7) is 1.82. The zero-order valence-corrected chi connectivity index (χ0v) is 13.4. The van der Waals surface area contributed by atoms with Gasteiger partial charge in [0.25, 0.3) is 0 Å². The van der Waals surface area contributed by atoms with Crippen molar-refractivity contribution in [2.24, 2.45) is 4.99 Å². The highest BCUT2D eigenvalue weighted by atomic mass is 35.5. The van der Waals surface area contributed by atoms with Crippen molar-refractivity contribution >= 4 is 46.0 Å². The van der Waals surface area contributed by atoms with E-state index in [1.807, 2.05) is 43.1 Å². The number of benzene rings is 2. The van der Waals surface area contributed by atoms with Crippen molar-refractivity contribution in [3.63, 3.8) is 0 Å². The fourth-order valence-electron chi connectivity index (χ4n) is 2.88. The summed E-state index contributed by atoms with van der Waals surface area (Å²) in [7, 11) is 1.86. The second-order valence-corrected chi connectivity index (χ2v) is 5.91. The van der Waals surface area contributed by atoms with Crippen molar-refractivity contribution in [3.8, 4) is 0 Å². The van der Waals surface area contributed by atoms with E-state index in [9.17, 15) is 4.79 Å². The van der Waals surface area contributed by atoms with E-state index in [1.165, 1.54) is 0 Å². The Morgan fingerprint density at radius 1 is 1.17 bits per heavy atom. The average Bonchev–Trinajstić information content (AvgIpc) is 2.69. The number of aliphatic imine (C=N–C) groups is 1. The van der Waals surface area contributed by atoms with E-state index < -0.39 is 0 Å². The van der Waals surface area contributed by atoms with Gasteiger partial charge in [0.15, 0.2) is 0 Å². The highest BCUT2D eigenvalue weighted by Gasteiger charge is 2.22.